The van der Waals surface area contributed by atoms with Gasteiger partial charge in [0, 0.05) is 23.0 Å². The first-order valence-corrected chi connectivity index (χ1v) is 9.93. The summed E-state index contributed by atoms with van der Waals surface area (Å²) >= 11 is 0. The molecule has 0 atom stereocenters. The number of carbonyl (C=O) groups excluding carboxylic acids is 1. The zero-order valence-electron chi connectivity index (χ0n) is 17.3. The van der Waals surface area contributed by atoms with E-state index >= 15 is 0 Å². The molecule has 4 rings (SSSR count). The standard InChI is InChI=1S/C24H23N3O4/c1-14-7-8-16(11-15(14)2)27-21-6-4-3-5-18(21)20(24(27)31)13-25-26-23(30)19-10-9-17(28)12-22(19)29/h3,5,7-13,28-29,31H,4,6H2,1-2H3,(H,26,30). The largest absolute Gasteiger partial charge is 0.508 e. The van der Waals surface area contributed by atoms with Gasteiger partial charge in [0.1, 0.15) is 11.5 Å². The molecule has 1 aliphatic rings. The fourth-order valence-corrected chi connectivity index (χ4v) is 3.70. The first-order chi connectivity index (χ1) is 14.9. The van der Waals surface area contributed by atoms with Crippen molar-refractivity contribution in [3.63, 3.8) is 0 Å². The van der Waals surface area contributed by atoms with Crippen molar-refractivity contribution in [2.45, 2.75) is 26.7 Å². The van der Waals surface area contributed by atoms with E-state index in [1.165, 1.54) is 23.9 Å². The van der Waals surface area contributed by atoms with Gasteiger partial charge in [0.2, 0.25) is 5.88 Å². The molecule has 0 bridgehead atoms. The Morgan fingerprint density at radius 3 is 2.65 bits per heavy atom. The van der Waals surface area contributed by atoms with Crippen molar-refractivity contribution in [1.82, 2.24) is 9.99 Å². The smallest absolute Gasteiger partial charge is 0.275 e. The molecule has 158 valence electrons. The molecule has 0 fully saturated rings. The van der Waals surface area contributed by atoms with Crippen LogP contribution in [0, 0.1) is 13.8 Å². The van der Waals surface area contributed by atoms with Gasteiger partial charge in [-0.05, 0) is 62.1 Å². The molecule has 7 nitrogen and oxygen atoms in total. The fraction of sp³-hybridized carbons (Fsp3) is 0.167. The van der Waals surface area contributed by atoms with Gasteiger partial charge in [-0.1, -0.05) is 18.2 Å². The summed E-state index contributed by atoms with van der Waals surface area (Å²) in [6.07, 6.45) is 7.03. The van der Waals surface area contributed by atoms with Crippen molar-refractivity contribution < 1.29 is 20.1 Å². The van der Waals surface area contributed by atoms with E-state index in [9.17, 15) is 20.1 Å². The van der Waals surface area contributed by atoms with E-state index < -0.39 is 5.91 Å². The number of aromatic hydroxyl groups is 3. The van der Waals surface area contributed by atoms with Crippen molar-refractivity contribution in [1.29, 1.82) is 0 Å². The van der Waals surface area contributed by atoms with Crippen LogP contribution in [0.25, 0.3) is 11.8 Å². The SMILES string of the molecule is Cc1ccc(-n2c(O)c(C=NNC(=O)c3ccc(O)cc3O)c3c2CCC=C3)cc1C. The molecule has 0 unspecified atom stereocenters. The number of aryl methyl sites for hydroxylation is 2. The Bertz CT molecular complexity index is 1240. The number of phenolic OH excluding ortho intramolecular Hbond substituents is 2. The summed E-state index contributed by atoms with van der Waals surface area (Å²) in [6.45, 7) is 4.07. The number of benzene rings is 2. The van der Waals surface area contributed by atoms with Crippen molar-refractivity contribution in [3.05, 3.63) is 76.0 Å². The molecule has 0 saturated heterocycles. The molecule has 1 aliphatic carbocycles. The van der Waals surface area contributed by atoms with Gasteiger partial charge in [-0.15, -0.1) is 0 Å². The van der Waals surface area contributed by atoms with Crippen LogP contribution in [-0.4, -0.2) is 32.0 Å². The highest BCUT2D eigenvalue weighted by Gasteiger charge is 2.23. The van der Waals surface area contributed by atoms with E-state index in [2.05, 4.69) is 10.5 Å². The Balaban J connectivity index is 1.67. The highest BCUT2D eigenvalue weighted by molar-refractivity contribution is 5.98. The molecular weight excluding hydrogens is 394 g/mol. The van der Waals surface area contributed by atoms with Crippen LogP contribution in [0.5, 0.6) is 17.4 Å². The van der Waals surface area contributed by atoms with Crippen LogP contribution in [0.15, 0.2) is 47.6 Å². The van der Waals surface area contributed by atoms with E-state index in [-0.39, 0.29) is 22.9 Å². The van der Waals surface area contributed by atoms with Gasteiger partial charge in [-0.3, -0.25) is 9.36 Å². The van der Waals surface area contributed by atoms with E-state index in [1.807, 2.05) is 48.8 Å². The van der Waals surface area contributed by atoms with Gasteiger partial charge in [0.25, 0.3) is 5.91 Å². The number of fused-ring (bicyclic) bond motifs is 1. The predicted octanol–water partition coefficient (Wildman–Crippen LogP) is 3.93. The van der Waals surface area contributed by atoms with Crippen LogP contribution < -0.4 is 5.43 Å². The number of hydrogen-bond acceptors (Lipinski definition) is 5. The van der Waals surface area contributed by atoms with E-state index in [0.29, 0.717) is 5.56 Å². The number of hydrazone groups is 1. The Kier molecular flexibility index (Phi) is 5.25. The number of carbonyl (C=O) groups is 1. The minimum atomic E-state index is -0.633. The topological polar surface area (TPSA) is 107 Å². The quantitative estimate of drug-likeness (QED) is 0.381. The summed E-state index contributed by atoms with van der Waals surface area (Å²) in [4.78, 5) is 12.3. The number of allylic oxidation sites excluding steroid dienone is 1. The van der Waals surface area contributed by atoms with Gasteiger partial charge in [-0.2, -0.15) is 5.10 Å². The number of phenols is 2. The normalized spacial score (nSPS) is 12.8. The number of rotatable bonds is 4. The average molecular weight is 417 g/mol. The highest BCUT2D eigenvalue weighted by atomic mass is 16.3. The van der Waals surface area contributed by atoms with Gasteiger partial charge < -0.3 is 15.3 Å². The molecule has 2 aromatic carbocycles. The molecule has 0 saturated carbocycles. The highest BCUT2D eigenvalue weighted by Crippen LogP contribution is 2.35. The minimum absolute atomic E-state index is 0.0196. The van der Waals surface area contributed by atoms with Gasteiger partial charge in [0.05, 0.1) is 17.3 Å². The monoisotopic (exact) mass is 417 g/mol. The Morgan fingerprint density at radius 1 is 1.10 bits per heavy atom. The summed E-state index contributed by atoms with van der Waals surface area (Å²) in [5.41, 5.74) is 7.83. The molecule has 3 aromatic rings. The molecule has 1 heterocycles. The molecule has 4 N–H and O–H groups in total. The van der Waals surface area contributed by atoms with E-state index in [4.69, 9.17) is 0 Å². The van der Waals surface area contributed by atoms with Crippen molar-refractivity contribution >= 4 is 18.2 Å². The van der Waals surface area contributed by atoms with E-state index in [1.54, 1.807) is 0 Å². The lowest BCUT2D eigenvalue weighted by molar-refractivity contribution is 0.0952. The molecule has 0 spiro atoms. The van der Waals surface area contributed by atoms with E-state index in [0.717, 1.165) is 41.4 Å². The third kappa shape index (κ3) is 3.77. The predicted molar refractivity (Wildman–Crippen MR) is 119 cm³/mol. The second kappa shape index (κ2) is 8.02. The maximum atomic E-state index is 12.3. The van der Waals surface area contributed by atoms with Gasteiger partial charge >= 0.3 is 0 Å². The summed E-state index contributed by atoms with van der Waals surface area (Å²) in [5.74, 6) is -1.08. The first-order valence-electron chi connectivity index (χ1n) is 9.93. The Morgan fingerprint density at radius 2 is 1.90 bits per heavy atom. The molecule has 31 heavy (non-hydrogen) atoms. The number of nitrogens with zero attached hydrogens (tertiary/aromatic N) is 2. The summed E-state index contributed by atoms with van der Waals surface area (Å²) in [7, 11) is 0. The lowest BCUT2D eigenvalue weighted by Crippen LogP contribution is -2.17. The third-order valence-electron chi connectivity index (χ3n) is 5.49. The van der Waals surface area contributed by atoms with Crippen LogP contribution in [0.2, 0.25) is 0 Å². The van der Waals surface area contributed by atoms with Crippen LogP contribution >= 0.6 is 0 Å². The number of amides is 1. The fourth-order valence-electron chi connectivity index (χ4n) is 3.70. The number of aromatic nitrogens is 1. The summed E-state index contributed by atoms with van der Waals surface area (Å²) in [6, 6.07) is 9.70. The van der Waals surface area contributed by atoms with Gasteiger partial charge in [-0.25, -0.2) is 5.43 Å². The minimum Gasteiger partial charge on any atom is -0.508 e. The Hall–Kier alpha value is -4.00. The lowest BCUT2D eigenvalue weighted by atomic mass is 10.0. The molecule has 0 radical (unpaired) electrons. The van der Waals surface area contributed by atoms with Crippen LogP contribution in [0.1, 0.15) is 44.7 Å². The van der Waals surface area contributed by atoms with Gasteiger partial charge in [0.15, 0.2) is 0 Å². The average Bonchev–Trinajstić information content (AvgIpc) is 3.01. The molecule has 1 aromatic heterocycles. The molecule has 7 heteroatoms. The van der Waals surface area contributed by atoms with Crippen molar-refractivity contribution in [2.24, 2.45) is 5.10 Å². The second-order valence-corrected chi connectivity index (χ2v) is 7.54. The third-order valence-corrected chi connectivity index (χ3v) is 5.49. The molecule has 1 amide bonds. The van der Waals surface area contributed by atoms with Crippen LogP contribution in [0.3, 0.4) is 0 Å². The number of nitrogens with one attached hydrogen (secondary N) is 1. The zero-order valence-corrected chi connectivity index (χ0v) is 17.3. The maximum absolute atomic E-state index is 12.3. The van der Waals surface area contributed by atoms with Crippen LogP contribution in [-0.2, 0) is 6.42 Å². The zero-order chi connectivity index (χ0) is 22.1. The summed E-state index contributed by atoms with van der Waals surface area (Å²) in [5, 5.41) is 34.2. The lowest BCUT2D eigenvalue weighted by Gasteiger charge is -2.14. The molecular formula is C24H23N3O4. The molecule has 0 aliphatic heterocycles. The first kappa shape index (κ1) is 20.3. The number of hydrogen-bond donors (Lipinski definition) is 4. The Labute approximate surface area is 179 Å². The van der Waals surface area contributed by atoms with Crippen LogP contribution in [0.4, 0.5) is 0 Å². The second-order valence-electron chi connectivity index (χ2n) is 7.54. The summed E-state index contributed by atoms with van der Waals surface area (Å²) < 4.78 is 1.82. The van der Waals surface area contributed by atoms with Crippen molar-refractivity contribution in [2.75, 3.05) is 0 Å². The van der Waals surface area contributed by atoms with Crippen molar-refractivity contribution in [3.8, 4) is 23.1 Å². The maximum Gasteiger partial charge on any atom is 0.275 e.